The van der Waals surface area contributed by atoms with Crippen LogP contribution in [0.1, 0.15) is 1.43 Å². The molecule has 20 heavy (non-hydrogen) atoms. The molecule has 2 rings (SSSR count). The van der Waals surface area contributed by atoms with Gasteiger partial charge in [-0.1, -0.05) is 24.3 Å². The fourth-order valence-electron chi connectivity index (χ4n) is 1.54. The second kappa shape index (κ2) is 6.80. The molecule has 0 fully saturated rings. The van der Waals surface area contributed by atoms with Crippen LogP contribution in [0.2, 0.25) is 0 Å². The normalized spacial score (nSPS) is 11.7. The summed E-state index contributed by atoms with van der Waals surface area (Å²) in [6.07, 6.45) is 0. The summed E-state index contributed by atoms with van der Waals surface area (Å²) in [6.45, 7) is 0. The second-order valence-corrected chi connectivity index (χ2v) is 7.14. The summed E-state index contributed by atoms with van der Waals surface area (Å²) in [4.78, 5) is -0.583. The molecule has 0 radical (unpaired) electrons. The molecule has 0 atom stereocenters. The van der Waals surface area contributed by atoms with E-state index in [1.54, 1.807) is 18.2 Å². The van der Waals surface area contributed by atoms with Crippen LogP contribution in [0, 0.1) is 0 Å². The van der Waals surface area contributed by atoms with Crippen molar-refractivity contribution in [2.75, 3.05) is 0 Å². The first kappa shape index (κ1) is 18.0. The Morgan fingerprint density at radius 1 is 0.750 bits per heavy atom. The topological polar surface area (TPSA) is 88.5 Å². The molecule has 2 aromatic rings. The van der Waals surface area contributed by atoms with Gasteiger partial charge in [-0.3, -0.25) is 4.55 Å². The van der Waals surface area contributed by atoms with Gasteiger partial charge in [-0.25, -0.2) is 8.42 Å². The number of rotatable bonds is 3. The van der Waals surface area contributed by atoms with Crippen LogP contribution in [0.3, 0.4) is 0 Å². The van der Waals surface area contributed by atoms with Crippen LogP contribution in [-0.2, 0) is 20.0 Å². The fourth-order valence-corrected chi connectivity index (χ4v) is 3.47. The molecule has 2 aromatic carbocycles. The molecule has 0 heterocycles. The SMILES string of the molecule is O=S(=O)(O)c1cccc(S(=O)(=O)c2ccccc2)c1.[H-].[K+]. The van der Waals surface area contributed by atoms with Gasteiger partial charge >= 0.3 is 51.4 Å². The van der Waals surface area contributed by atoms with Gasteiger partial charge in [0.15, 0.2) is 0 Å². The Balaban J connectivity index is 0.00000200. The van der Waals surface area contributed by atoms with E-state index >= 15 is 0 Å². The summed E-state index contributed by atoms with van der Waals surface area (Å²) in [6, 6.07) is 12.2. The van der Waals surface area contributed by atoms with Crippen molar-refractivity contribution in [3.63, 3.8) is 0 Å². The first-order chi connectivity index (χ1) is 8.82. The molecule has 5 nitrogen and oxygen atoms in total. The maximum Gasteiger partial charge on any atom is 1.00 e. The maximum absolute atomic E-state index is 12.2. The van der Waals surface area contributed by atoms with Crippen molar-refractivity contribution in [3.05, 3.63) is 54.6 Å². The first-order valence-electron chi connectivity index (χ1n) is 5.19. The third kappa shape index (κ3) is 3.98. The molecule has 0 aliphatic carbocycles. The fraction of sp³-hybridized carbons (Fsp3) is 0. The number of sulfone groups is 1. The van der Waals surface area contributed by atoms with E-state index in [2.05, 4.69) is 0 Å². The van der Waals surface area contributed by atoms with Gasteiger partial charge in [-0.2, -0.15) is 8.42 Å². The Kier molecular flexibility index (Phi) is 6.11. The first-order valence-corrected chi connectivity index (χ1v) is 8.12. The van der Waals surface area contributed by atoms with Crippen molar-refractivity contribution in [1.82, 2.24) is 0 Å². The van der Waals surface area contributed by atoms with Crippen molar-refractivity contribution >= 4 is 20.0 Å². The molecule has 0 saturated carbocycles. The summed E-state index contributed by atoms with van der Waals surface area (Å²) in [5.41, 5.74) is 0. The minimum atomic E-state index is -4.43. The zero-order valence-corrected chi connectivity index (χ0v) is 15.3. The standard InChI is InChI=1S/C12H10O5S2.K.H/c13-18(14,10-5-2-1-3-6-10)11-7-4-8-12(9-11)19(15,16)17;;/h1-9H,(H,15,16,17);;/q;+1;-1. The Labute approximate surface area is 161 Å². The Morgan fingerprint density at radius 3 is 1.80 bits per heavy atom. The van der Waals surface area contributed by atoms with E-state index in [0.717, 1.165) is 12.1 Å². The predicted octanol–water partition coefficient (Wildman–Crippen LogP) is -1.12. The molecule has 1 N–H and O–H groups in total. The van der Waals surface area contributed by atoms with Crippen LogP contribution in [0.25, 0.3) is 0 Å². The third-order valence-corrected chi connectivity index (χ3v) is 5.08. The molecule has 0 saturated heterocycles. The largest absolute Gasteiger partial charge is 1.00 e. The summed E-state index contributed by atoms with van der Waals surface area (Å²) in [7, 11) is -8.23. The summed E-state index contributed by atoms with van der Waals surface area (Å²) in [5.74, 6) is 0. The zero-order chi connectivity index (χ0) is 14.1. The van der Waals surface area contributed by atoms with Gasteiger partial charge in [0.05, 0.1) is 14.7 Å². The van der Waals surface area contributed by atoms with E-state index in [9.17, 15) is 16.8 Å². The molecule has 0 bridgehead atoms. The predicted molar refractivity (Wildman–Crippen MR) is 69.3 cm³/mol. The molecule has 0 aliphatic rings. The van der Waals surface area contributed by atoms with Gasteiger partial charge in [-0.15, -0.1) is 0 Å². The minimum Gasteiger partial charge on any atom is -1.00 e. The summed E-state index contributed by atoms with van der Waals surface area (Å²) >= 11 is 0. The van der Waals surface area contributed by atoms with Gasteiger partial charge in [-0.05, 0) is 30.3 Å². The van der Waals surface area contributed by atoms with Crippen LogP contribution in [0.15, 0.2) is 69.3 Å². The molecule has 0 aliphatic heterocycles. The van der Waals surface area contributed by atoms with Crippen LogP contribution < -0.4 is 51.4 Å². The van der Waals surface area contributed by atoms with Crippen LogP contribution in [0.5, 0.6) is 0 Å². The molecular weight excluding hydrogens is 327 g/mol. The van der Waals surface area contributed by atoms with Gasteiger partial charge in [0, 0.05) is 0 Å². The van der Waals surface area contributed by atoms with E-state index in [4.69, 9.17) is 4.55 Å². The monoisotopic (exact) mass is 338 g/mol. The van der Waals surface area contributed by atoms with Crippen LogP contribution >= 0.6 is 0 Å². The van der Waals surface area contributed by atoms with E-state index in [-0.39, 0.29) is 62.6 Å². The number of benzene rings is 2. The quantitative estimate of drug-likeness (QED) is 0.566. The van der Waals surface area contributed by atoms with Gasteiger partial charge < -0.3 is 1.43 Å². The van der Waals surface area contributed by atoms with Crippen molar-refractivity contribution < 1.29 is 74.2 Å². The number of hydrogen-bond acceptors (Lipinski definition) is 4. The van der Waals surface area contributed by atoms with E-state index in [0.29, 0.717) is 0 Å². The Bertz CT molecular complexity index is 805. The molecule has 8 heteroatoms. The zero-order valence-electron chi connectivity index (χ0n) is 11.6. The molecule has 102 valence electrons. The smallest absolute Gasteiger partial charge is 1.00 e. The van der Waals surface area contributed by atoms with E-state index in [1.807, 2.05) is 0 Å². The van der Waals surface area contributed by atoms with Gasteiger partial charge in [0.25, 0.3) is 10.1 Å². The van der Waals surface area contributed by atoms with Gasteiger partial charge in [0.2, 0.25) is 9.84 Å². The summed E-state index contributed by atoms with van der Waals surface area (Å²) < 4.78 is 55.4. The molecule has 0 aromatic heterocycles. The average Bonchev–Trinajstić information content (AvgIpc) is 2.39. The Morgan fingerprint density at radius 2 is 1.25 bits per heavy atom. The Hall–Kier alpha value is -0.0636. The number of hydrogen-bond donors (Lipinski definition) is 1. The van der Waals surface area contributed by atoms with Crippen LogP contribution in [0.4, 0.5) is 0 Å². The van der Waals surface area contributed by atoms with Crippen molar-refractivity contribution in [2.24, 2.45) is 0 Å². The molecule has 0 unspecified atom stereocenters. The second-order valence-electron chi connectivity index (χ2n) is 3.77. The van der Waals surface area contributed by atoms with Crippen LogP contribution in [-0.4, -0.2) is 21.4 Å². The third-order valence-electron chi connectivity index (χ3n) is 2.47. The molecule has 0 amide bonds. The van der Waals surface area contributed by atoms with Gasteiger partial charge in [0.1, 0.15) is 0 Å². The summed E-state index contributed by atoms with van der Waals surface area (Å²) in [5, 5.41) is 0. The minimum absolute atomic E-state index is 0. The van der Waals surface area contributed by atoms with Crippen molar-refractivity contribution in [2.45, 2.75) is 14.7 Å². The maximum atomic E-state index is 12.2. The van der Waals surface area contributed by atoms with E-state index in [1.165, 1.54) is 24.3 Å². The molecular formula is C12H11KO5S2. The van der Waals surface area contributed by atoms with Crippen molar-refractivity contribution in [3.8, 4) is 0 Å². The van der Waals surface area contributed by atoms with E-state index < -0.39 is 24.9 Å². The molecule has 0 spiro atoms. The average molecular weight is 338 g/mol. The van der Waals surface area contributed by atoms with Crippen molar-refractivity contribution in [1.29, 1.82) is 0 Å².